The van der Waals surface area contributed by atoms with E-state index >= 15 is 0 Å². The van der Waals surface area contributed by atoms with Gasteiger partial charge in [-0.25, -0.2) is 0 Å². The van der Waals surface area contributed by atoms with Crippen molar-refractivity contribution in [1.82, 2.24) is 0 Å². The first-order valence-corrected chi connectivity index (χ1v) is 5.04. The van der Waals surface area contributed by atoms with E-state index in [9.17, 15) is 5.11 Å². The second-order valence-corrected chi connectivity index (χ2v) is 4.17. The van der Waals surface area contributed by atoms with E-state index in [1.165, 1.54) is 5.56 Å². The maximum absolute atomic E-state index is 9.89. The number of hydrogen-bond donors (Lipinski definition) is 1. The molecule has 0 amide bonds. The van der Waals surface area contributed by atoms with Gasteiger partial charge in [-0.3, -0.25) is 0 Å². The molecular weight excluding hydrogens is 184 g/mol. The van der Waals surface area contributed by atoms with Crippen LogP contribution in [0.4, 0.5) is 0 Å². The molecule has 13 heavy (non-hydrogen) atoms. The average Bonchev–Trinajstić information content (AvgIpc) is 2.84. The van der Waals surface area contributed by atoms with Crippen LogP contribution in [0.5, 0.6) is 0 Å². The lowest BCUT2D eigenvalue weighted by molar-refractivity contribution is 0.151. The zero-order chi connectivity index (χ0) is 9.47. The summed E-state index contributed by atoms with van der Waals surface area (Å²) < 4.78 is 0. The molecule has 1 aliphatic carbocycles. The third kappa shape index (κ3) is 1.72. The fourth-order valence-electron chi connectivity index (χ4n) is 1.53. The second-order valence-electron chi connectivity index (χ2n) is 3.73. The van der Waals surface area contributed by atoms with Crippen molar-refractivity contribution in [3.63, 3.8) is 0 Å². The second kappa shape index (κ2) is 3.00. The fraction of sp³-hybridized carbons (Fsp3) is 0.455. The molecule has 0 bridgehead atoms. The van der Waals surface area contributed by atoms with Gasteiger partial charge in [-0.05, 0) is 42.5 Å². The first-order chi connectivity index (χ1) is 6.14. The molecule has 1 saturated carbocycles. The predicted molar refractivity (Wildman–Crippen MR) is 54.0 cm³/mol. The van der Waals surface area contributed by atoms with Crippen LogP contribution in [0.25, 0.3) is 0 Å². The number of hydrogen-bond acceptors (Lipinski definition) is 1. The number of aliphatic hydroxyl groups is 1. The summed E-state index contributed by atoms with van der Waals surface area (Å²) in [6.07, 6.45) is 2.70. The van der Waals surface area contributed by atoms with Crippen molar-refractivity contribution in [3.05, 3.63) is 34.3 Å². The van der Waals surface area contributed by atoms with Crippen LogP contribution in [0.3, 0.4) is 0 Å². The van der Waals surface area contributed by atoms with Crippen LogP contribution in [-0.2, 0) is 12.0 Å². The van der Waals surface area contributed by atoms with Crippen LogP contribution < -0.4 is 0 Å². The highest BCUT2D eigenvalue weighted by Crippen LogP contribution is 2.46. The van der Waals surface area contributed by atoms with E-state index in [-0.39, 0.29) is 0 Å². The highest BCUT2D eigenvalue weighted by atomic mass is 35.5. The molecule has 0 heterocycles. The predicted octanol–water partition coefficient (Wildman–Crippen LogP) is 2.88. The smallest absolute Gasteiger partial charge is 0.0899 e. The van der Waals surface area contributed by atoms with E-state index in [1.807, 2.05) is 12.1 Å². The van der Waals surface area contributed by atoms with Crippen LogP contribution in [-0.4, -0.2) is 5.11 Å². The largest absolute Gasteiger partial charge is 0.385 e. The molecule has 1 aliphatic rings. The first-order valence-electron chi connectivity index (χ1n) is 4.66. The summed E-state index contributed by atoms with van der Waals surface area (Å²) in [5.41, 5.74) is 1.62. The van der Waals surface area contributed by atoms with E-state index in [1.54, 1.807) is 0 Å². The lowest BCUT2D eigenvalue weighted by Gasteiger charge is -2.10. The molecule has 1 fully saturated rings. The van der Waals surface area contributed by atoms with Gasteiger partial charge in [-0.2, -0.15) is 0 Å². The van der Waals surface area contributed by atoms with Gasteiger partial charge < -0.3 is 5.11 Å². The highest BCUT2D eigenvalue weighted by Gasteiger charge is 2.42. The third-order valence-electron chi connectivity index (χ3n) is 2.63. The van der Waals surface area contributed by atoms with Crippen molar-refractivity contribution >= 4 is 11.6 Å². The van der Waals surface area contributed by atoms with E-state index in [4.69, 9.17) is 11.6 Å². The van der Waals surface area contributed by atoms with Crippen LogP contribution >= 0.6 is 11.6 Å². The SMILES string of the molecule is CCc1cc(Cl)cc(C2(O)CC2)c1. The molecule has 0 unspecified atom stereocenters. The van der Waals surface area contributed by atoms with Crippen molar-refractivity contribution < 1.29 is 5.11 Å². The lowest BCUT2D eigenvalue weighted by Crippen LogP contribution is -2.04. The van der Waals surface area contributed by atoms with Gasteiger partial charge in [0.15, 0.2) is 0 Å². The molecule has 1 aromatic rings. The van der Waals surface area contributed by atoms with Crippen molar-refractivity contribution in [3.8, 4) is 0 Å². The Kier molecular flexibility index (Phi) is 2.09. The molecule has 0 saturated heterocycles. The van der Waals surface area contributed by atoms with Gasteiger partial charge in [-0.15, -0.1) is 0 Å². The Hall–Kier alpha value is -0.530. The molecule has 1 nitrogen and oxygen atoms in total. The zero-order valence-corrected chi connectivity index (χ0v) is 8.43. The summed E-state index contributed by atoms with van der Waals surface area (Å²) in [5.74, 6) is 0. The third-order valence-corrected chi connectivity index (χ3v) is 2.84. The molecule has 0 aliphatic heterocycles. The van der Waals surface area contributed by atoms with Gasteiger partial charge in [0.25, 0.3) is 0 Å². The summed E-state index contributed by atoms with van der Waals surface area (Å²) in [6.45, 7) is 2.09. The molecular formula is C11H13ClO. The van der Waals surface area contributed by atoms with E-state index in [2.05, 4.69) is 13.0 Å². The maximum atomic E-state index is 9.89. The van der Waals surface area contributed by atoms with Crippen LogP contribution in [0.1, 0.15) is 30.9 Å². The Labute approximate surface area is 83.3 Å². The normalized spacial score (nSPS) is 18.7. The highest BCUT2D eigenvalue weighted by molar-refractivity contribution is 6.30. The Morgan fingerprint density at radius 2 is 2.08 bits per heavy atom. The maximum Gasteiger partial charge on any atom is 0.0899 e. The zero-order valence-electron chi connectivity index (χ0n) is 7.68. The first kappa shape index (κ1) is 9.04. The monoisotopic (exact) mass is 196 g/mol. The number of rotatable bonds is 2. The standard InChI is InChI=1S/C11H13ClO/c1-2-8-5-9(7-10(12)6-8)11(13)3-4-11/h5-7,13H,2-4H2,1H3. The van der Waals surface area contributed by atoms with Gasteiger partial charge >= 0.3 is 0 Å². The van der Waals surface area contributed by atoms with Crippen molar-refractivity contribution in [2.24, 2.45) is 0 Å². The van der Waals surface area contributed by atoms with Crippen LogP contribution in [0, 0.1) is 0 Å². The molecule has 0 radical (unpaired) electrons. The molecule has 0 spiro atoms. The van der Waals surface area contributed by atoms with Gasteiger partial charge in [-0.1, -0.05) is 24.6 Å². The number of halogens is 1. The van der Waals surface area contributed by atoms with Gasteiger partial charge in [0, 0.05) is 5.02 Å². The molecule has 2 heteroatoms. The molecule has 2 rings (SSSR count). The number of aryl methyl sites for hydroxylation is 1. The molecule has 1 N–H and O–H groups in total. The summed E-state index contributed by atoms with van der Waals surface area (Å²) in [5, 5.41) is 10.6. The van der Waals surface area contributed by atoms with Gasteiger partial charge in [0.05, 0.1) is 5.60 Å². The van der Waals surface area contributed by atoms with Gasteiger partial charge in [0.2, 0.25) is 0 Å². The van der Waals surface area contributed by atoms with Crippen molar-refractivity contribution in [1.29, 1.82) is 0 Å². The Morgan fingerprint density at radius 3 is 2.62 bits per heavy atom. The molecule has 70 valence electrons. The summed E-state index contributed by atoms with van der Waals surface area (Å²) in [6, 6.07) is 5.88. The Bertz CT molecular complexity index is 329. The van der Waals surface area contributed by atoms with E-state index < -0.39 is 5.60 Å². The number of benzene rings is 1. The Balaban J connectivity index is 2.40. The minimum absolute atomic E-state index is 0.561. The average molecular weight is 197 g/mol. The molecule has 0 atom stereocenters. The van der Waals surface area contributed by atoms with E-state index in [0.717, 1.165) is 29.8 Å². The fourth-order valence-corrected chi connectivity index (χ4v) is 1.79. The van der Waals surface area contributed by atoms with Crippen molar-refractivity contribution in [2.75, 3.05) is 0 Å². The molecule has 0 aromatic heterocycles. The Morgan fingerprint density at radius 1 is 1.38 bits per heavy atom. The van der Waals surface area contributed by atoms with Gasteiger partial charge in [0.1, 0.15) is 0 Å². The lowest BCUT2D eigenvalue weighted by atomic mass is 10.0. The minimum Gasteiger partial charge on any atom is -0.385 e. The van der Waals surface area contributed by atoms with E-state index in [0.29, 0.717) is 0 Å². The quantitative estimate of drug-likeness (QED) is 0.771. The summed E-state index contributed by atoms with van der Waals surface area (Å²) in [4.78, 5) is 0. The topological polar surface area (TPSA) is 20.2 Å². The van der Waals surface area contributed by atoms with Crippen molar-refractivity contribution in [2.45, 2.75) is 31.8 Å². The molecule has 1 aromatic carbocycles. The summed E-state index contributed by atoms with van der Waals surface area (Å²) >= 11 is 5.95. The minimum atomic E-state index is -0.561. The van der Waals surface area contributed by atoms with Crippen LogP contribution in [0.15, 0.2) is 18.2 Å². The van der Waals surface area contributed by atoms with Crippen LogP contribution in [0.2, 0.25) is 5.02 Å². The summed E-state index contributed by atoms with van der Waals surface area (Å²) in [7, 11) is 0.